The third-order valence-electron chi connectivity index (χ3n) is 6.26. The van der Waals surface area contributed by atoms with Crippen molar-refractivity contribution in [2.75, 3.05) is 6.61 Å². The first-order chi connectivity index (χ1) is 18.9. The van der Waals surface area contributed by atoms with Gasteiger partial charge in [-0.25, -0.2) is 9.59 Å². The minimum absolute atomic E-state index is 0. The van der Waals surface area contributed by atoms with Gasteiger partial charge in [-0.2, -0.15) is 0 Å². The van der Waals surface area contributed by atoms with Gasteiger partial charge in [0, 0.05) is 13.8 Å². The molecule has 3 unspecified atom stereocenters. The van der Waals surface area contributed by atoms with Crippen molar-refractivity contribution in [1.29, 1.82) is 0 Å². The maximum Gasteiger partial charge on any atom is 1.00 e. The Morgan fingerprint density at radius 3 is 2.27 bits per heavy atom. The molecule has 2 aliphatic rings. The van der Waals surface area contributed by atoms with Crippen LogP contribution in [0.15, 0.2) is 48.5 Å². The first-order valence-corrected chi connectivity index (χ1v) is 13.0. The van der Waals surface area contributed by atoms with Crippen molar-refractivity contribution >= 4 is 47.5 Å². The Bertz CT molecular complexity index is 1390. The number of carbonyl (C=O) groups excluding carboxylic acids is 5. The Morgan fingerprint density at radius 1 is 1.02 bits per heavy atom. The summed E-state index contributed by atoms with van der Waals surface area (Å²) in [6, 6.07) is 10.5. The molecule has 2 aromatic carbocycles. The minimum atomic E-state index is -1.31. The number of carbonyl (C=O) groups is 6. The van der Waals surface area contributed by atoms with Crippen LogP contribution in [0.3, 0.4) is 0 Å². The molecule has 212 valence electrons. The van der Waals surface area contributed by atoms with Crippen molar-refractivity contribution < 1.29 is 79.1 Å². The predicted octanol–water partition coefficient (Wildman–Crippen LogP) is -1.33. The molecule has 2 aromatic rings. The number of hydrogen-bond acceptors (Lipinski definition) is 10. The molecule has 0 saturated carbocycles. The summed E-state index contributed by atoms with van der Waals surface area (Å²) in [5.41, 5.74) is 0.719. The Hall–Kier alpha value is -3.39. The second-order valence-electron chi connectivity index (χ2n) is 9.44. The van der Waals surface area contributed by atoms with E-state index in [0.29, 0.717) is 0 Å². The number of hydrogen-bond donors (Lipinski definition) is 2. The zero-order valence-electron chi connectivity index (χ0n) is 23.7. The van der Waals surface area contributed by atoms with Gasteiger partial charge in [-0.3, -0.25) is 19.2 Å². The van der Waals surface area contributed by atoms with Crippen molar-refractivity contribution in [2.24, 2.45) is 0 Å². The van der Waals surface area contributed by atoms with Crippen molar-refractivity contribution in [2.45, 2.75) is 49.4 Å². The Kier molecular flexibility index (Phi) is 10.2. The molecular formula is C27H27N2NaO10S. The summed E-state index contributed by atoms with van der Waals surface area (Å²) in [6.45, 7) is 3.47. The van der Waals surface area contributed by atoms with Crippen molar-refractivity contribution in [3.63, 3.8) is 0 Å². The van der Waals surface area contributed by atoms with E-state index in [1.165, 1.54) is 17.0 Å². The molecule has 0 aromatic heterocycles. The van der Waals surface area contributed by atoms with E-state index in [2.05, 4.69) is 5.32 Å². The number of amides is 2. The molecule has 2 saturated heterocycles. The molecule has 0 aliphatic carbocycles. The van der Waals surface area contributed by atoms with Gasteiger partial charge in [-0.15, -0.1) is 11.8 Å². The number of nitrogens with zero attached hydrogens (tertiary/aromatic N) is 1. The monoisotopic (exact) mass is 594 g/mol. The topological polar surface area (TPSA) is 166 Å². The van der Waals surface area contributed by atoms with Crippen molar-refractivity contribution in [1.82, 2.24) is 10.2 Å². The molecule has 2 fully saturated rings. The fourth-order valence-electron chi connectivity index (χ4n) is 4.55. The Morgan fingerprint density at radius 2 is 1.66 bits per heavy atom. The quantitative estimate of drug-likeness (QED) is 0.153. The molecule has 4 rings (SSSR count). The molecule has 2 N–H and O–H groups in total. The number of aliphatic carboxylic acids is 1. The summed E-state index contributed by atoms with van der Waals surface area (Å²) in [6.07, 6.45) is 0.0603. The van der Waals surface area contributed by atoms with Gasteiger partial charge in [-0.05, 0) is 30.7 Å². The molecule has 0 bridgehead atoms. The second kappa shape index (κ2) is 13.1. The standard InChI is InChI=1S/C27H26N2O10S.Na.H/c1-14(30)38-18-10-9-17(12-19(18)39-15(2)31)26(36)37-13-27(3)22(25(34)35)29-23(33)21(24(29)40-27)28-20(32)11-16-7-5-4-6-8-16;;/h4-10,12,21-22,24H,11,13H2,1-3H3,(H,28,32)(H,34,35);;/q;+1;-1/t21?,22-,24?,27?;;/m0../s1. The van der Waals surface area contributed by atoms with E-state index in [-0.39, 0.29) is 67.0 Å². The fourth-order valence-corrected chi connectivity index (χ4v) is 6.23. The number of nitrogens with one attached hydrogen (secondary N) is 1. The van der Waals surface area contributed by atoms with E-state index >= 15 is 0 Å². The van der Waals surface area contributed by atoms with E-state index in [1.54, 1.807) is 31.2 Å². The van der Waals surface area contributed by atoms with Crippen LogP contribution in [0.25, 0.3) is 0 Å². The van der Waals surface area contributed by atoms with Gasteiger partial charge in [0.2, 0.25) is 11.8 Å². The van der Waals surface area contributed by atoms with Gasteiger partial charge in [0.15, 0.2) is 11.5 Å². The molecule has 14 heteroatoms. The summed E-state index contributed by atoms with van der Waals surface area (Å²) in [5.74, 6) is -4.68. The van der Waals surface area contributed by atoms with Crippen LogP contribution < -0.4 is 44.3 Å². The van der Waals surface area contributed by atoms with E-state index < -0.39 is 52.0 Å². The summed E-state index contributed by atoms with van der Waals surface area (Å²) in [7, 11) is 0. The molecule has 2 heterocycles. The second-order valence-corrected chi connectivity index (χ2v) is 11.1. The van der Waals surface area contributed by atoms with Crippen LogP contribution in [0.2, 0.25) is 0 Å². The first-order valence-electron chi connectivity index (χ1n) is 12.1. The number of rotatable bonds is 9. The molecular weight excluding hydrogens is 567 g/mol. The number of fused-ring (bicyclic) bond motifs is 1. The van der Waals surface area contributed by atoms with Crippen LogP contribution in [0.1, 0.15) is 38.1 Å². The van der Waals surface area contributed by atoms with Crippen LogP contribution in [0.4, 0.5) is 0 Å². The smallest absolute Gasteiger partial charge is 1.00 e. The molecule has 0 radical (unpaired) electrons. The van der Waals surface area contributed by atoms with Gasteiger partial charge in [0.1, 0.15) is 24.1 Å². The predicted molar refractivity (Wildman–Crippen MR) is 141 cm³/mol. The van der Waals surface area contributed by atoms with Crippen molar-refractivity contribution in [3.05, 3.63) is 59.7 Å². The van der Waals surface area contributed by atoms with Crippen LogP contribution in [0, 0.1) is 0 Å². The number of carboxylic acid groups (broad SMARTS) is 1. The van der Waals surface area contributed by atoms with Gasteiger partial charge < -0.3 is 31.0 Å². The summed E-state index contributed by atoms with van der Waals surface area (Å²) in [4.78, 5) is 74.4. The van der Waals surface area contributed by atoms with E-state index in [9.17, 15) is 33.9 Å². The number of benzene rings is 2. The van der Waals surface area contributed by atoms with E-state index in [1.807, 2.05) is 6.07 Å². The maximum atomic E-state index is 12.9. The normalized spacial score (nSPS) is 22.4. The summed E-state index contributed by atoms with van der Waals surface area (Å²) in [5, 5.41) is 12.0. The van der Waals surface area contributed by atoms with Crippen LogP contribution in [-0.2, 0) is 35.1 Å². The minimum Gasteiger partial charge on any atom is -1.00 e. The summed E-state index contributed by atoms with van der Waals surface area (Å²) < 4.78 is 14.2. The number of thioether (sulfide) groups is 1. The SMILES string of the molecule is CC(=O)Oc1ccc(C(=O)OCC2(C)SC3C(NC(=O)Cc4ccccc4)C(=O)N3[C@H]2C(=O)O)cc1OC(C)=O.[H-].[Na+]. The zero-order valence-corrected chi connectivity index (χ0v) is 25.6. The molecule has 0 spiro atoms. The number of esters is 3. The first kappa shape index (κ1) is 32.1. The molecule has 2 aliphatic heterocycles. The average Bonchev–Trinajstić information content (AvgIpc) is 3.17. The van der Waals surface area contributed by atoms with Gasteiger partial charge in [0.05, 0.1) is 16.7 Å². The van der Waals surface area contributed by atoms with Gasteiger partial charge in [0.25, 0.3) is 0 Å². The zero-order chi connectivity index (χ0) is 29.2. The number of ether oxygens (including phenoxy) is 3. The van der Waals surface area contributed by atoms with Crippen LogP contribution >= 0.6 is 11.8 Å². The Balaban J connectivity index is 0.00000308. The van der Waals surface area contributed by atoms with Gasteiger partial charge >= 0.3 is 53.4 Å². The largest absolute Gasteiger partial charge is 1.00 e. The maximum absolute atomic E-state index is 12.9. The fraction of sp³-hybridized carbons (Fsp3) is 0.333. The molecule has 2 amide bonds. The molecule has 41 heavy (non-hydrogen) atoms. The third kappa shape index (κ3) is 7.10. The number of carboxylic acids is 1. The van der Waals surface area contributed by atoms with E-state index in [0.717, 1.165) is 37.2 Å². The molecule has 12 nitrogen and oxygen atoms in total. The third-order valence-corrected chi connectivity index (χ3v) is 7.88. The van der Waals surface area contributed by atoms with Crippen molar-refractivity contribution in [3.8, 4) is 11.5 Å². The number of β-lactam (4-membered cyclic amide) rings is 1. The van der Waals surface area contributed by atoms with E-state index in [4.69, 9.17) is 14.2 Å². The summed E-state index contributed by atoms with van der Waals surface area (Å²) >= 11 is 1.12. The van der Waals surface area contributed by atoms with Gasteiger partial charge in [-0.1, -0.05) is 30.3 Å². The van der Waals surface area contributed by atoms with Crippen LogP contribution in [0.5, 0.6) is 11.5 Å². The average molecular weight is 595 g/mol. The molecule has 4 atom stereocenters. The van der Waals surface area contributed by atoms with Crippen LogP contribution in [-0.4, -0.2) is 74.5 Å². The Labute approximate surface area is 262 Å².